The van der Waals surface area contributed by atoms with Crippen molar-refractivity contribution < 1.29 is 18.8 Å². The van der Waals surface area contributed by atoms with Crippen molar-refractivity contribution in [1.29, 1.82) is 0 Å². The summed E-state index contributed by atoms with van der Waals surface area (Å²) in [5.74, 6) is 1.35. The number of amides is 1. The summed E-state index contributed by atoms with van der Waals surface area (Å²) in [7, 11) is 1.63. The Morgan fingerprint density at radius 2 is 2.15 bits per heavy atom. The summed E-state index contributed by atoms with van der Waals surface area (Å²) in [5, 5.41) is 6.95. The summed E-state index contributed by atoms with van der Waals surface area (Å²) in [6.07, 6.45) is 0.286. The summed E-state index contributed by atoms with van der Waals surface area (Å²) >= 11 is 0. The SMILES string of the molecule is COc1ccc(-c2cc(CNC(=O)C[C@@H]3CN(C(C)C)CCO3)on2)cc1. The van der Waals surface area contributed by atoms with E-state index in [0.717, 1.165) is 30.1 Å². The van der Waals surface area contributed by atoms with Crippen LogP contribution in [0.3, 0.4) is 0 Å². The minimum absolute atomic E-state index is 0.0481. The number of benzene rings is 1. The zero-order chi connectivity index (χ0) is 19.2. The largest absolute Gasteiger partial charge is 0.497 e. The molecule has 0 aliphatic carbocycles. The Hall–Kier alpha value is -2.38. The van der Waals surface area contributed by atoms with Gasteiger partial charge in [0.1, 0.15) is 11.4 Å². The van der Waals surface area contributed by atoms with E-state index in [4.69, 9.17) is 14.0 Å². The van der Waals surface area contributed by atoms with Gasteiger partial charge in [0.05, 0.1) is 32.8 Å². The quantitative estimate of drug-likeness (QED) is 0.803. The van der Waals surface area contributed by atoms with Gasteiger partial charge >= 0.3 is 0 Å². The van der Waals surface area contributed by atoms with Crippen LogP contribution >= 0.6 is 0 Å². The lowest BCUT2D eigenvalue weighted by molar-refractivity contribution is -0.126. The molecule has 1 atom stereocenters. The molecule has 146 valence electrons. The van der Waals surface area contributed by atoms with Crippen LogP contribution in [0.5, 0.6) is 5.75 Å². The second kappa shape index (κ2) is 9.01. The highest BCUT2D eigenvalue weighted by Crippen LogP contribution is 2.22. The first-order chi connectivity index (χ1) is 13.0. The molecule has 3 rings (SSSR count). The van der Waals surface area contributed by atoms with Gasteiger partial charge in [-0.1, -0.05) is 5.16 Å². The third-order valence-electron chi connectivity index (χ3n) is 4.72. The fourth-order valence-electron chi connectivity index (χ4n) is 3.09. The number of nitrogens with one attached hydrogen (secondary N) is 1. The Labute approximate surface area is 159 Å². The molecule has 0 radical (unpaired) electrons. The average molecular weight is 373 g/mol. The Kier molecular flexibility index (Phi) is 6.47. The number of carbonyl (C=O) groups excluding carboxylic acids is 1. The number of carbonyl (C=O) groups is 1. The second-order valence-corrected chi connectivity index (χ2v) is 6.97. The summed E-state index contributed by atoms with van der Waals surface area (Å²) in [6.45, 7) is 7.00. The highest BCUT2D eigenvalue weighted by molar-refractivity contribution is 5.76. The van der Waals surface area contributed by atoms with Gasteiger partial charge in [-0.15, -0.1) is 0 Å². The van der Waals surface area contributed by atoms with Gasteiger partial charge in [-0.2, -0.15) is 0 Å². The molecule has 7 nitrogen and oxygen atoms in total. The van der Waals surface area contributed by atoms with E-state index in [0.29, 0.717) is 31.4 Å². The van der Waals surface area contributed by atoms with Gasteiger partial charge in [-0.05, 0) is 38.1 Å². The molecule has 1 aromatic carbocycles. The van der Waals surface area contributed by atoms with Gasteiger partial charge in [0.2, 0.25) is 5.91 Å². The smallest absolute Gasteiger partial charge is 0.223 e. The molecular weight excluding hydrogens is 346 g/mol. The first-order valence-electron chi connectivity index (χ1n) is 9.27. The van der Waals surface area contributed by atoms with Crippen LogP contribution in [0.4, 0.5) is 0 Å². The molecule has 1 fully saturated rings. The van der Waals surface area contributed by atoms with Crippen LogP contribution in [0, 0.1) is 0 Å². The van der Waals surface area contributed by atoms with Crippen molar-refractivity contribution in [3.8, 4) is 17.0 Å². The molecule has 7 heteroatoms. The zero-order valence-corrected chi connectivity index (χ0v) is 16.1. The van der Waals surface area contributed by atoms with Crippen LogP contribution in [-0.4, -0.2) is 54.9 Å². The van der Waals surface area contributed by atoms with E-state index < -0.39 is 0 Å². The molecule has 1 amide bonds. The number of ether oxygens (including phenoxy) is 2. The lowest BCUT2D eigenvalue weighted by Gasteiger charge is -2.35. The van der Waals surface area contributed by atoms with E-state index in [-0.39, 0.29) is 12.0 Å². The van der Waals surface area contributed by atoms with Gasteiger partial charge in [-0.3, -0.25) is 9.69 Å². The molecular formula is C20H27N3O4. The number of nitrogens with zero attached hydrogens (tertiary/aromatic N) is 2. The molecule has 1 aliphatic rings. The molecule has 0 spiro atoms. The first-order valence-corrected chi connectivity index (χ1v) is 9.27. The van der Waals surface area contributed by atoms with E-state index in [1.54, 1.807) is 7.11 Å². The molecule has 1 saturated heterocycles. The summed E-state index contributed by atoms with van der Waals surface area (Å²) in [4.78, 5) is 14.6. The molecule has 0 unspecified atom stereocenters. The van der Waals surface area contributed by atoms with Gasteiger partial charge in [0.15, 0.2) is 5.76 Å². The minimum Gasteiger partial charge on any atom is -0.497 e. The van der Waals surface area contributed by atoms with E-state index in [2.05, 4.69) is 29.2 Å². The van der Waals surface area contributed by atoms with Gasteiger partial charge in [-0.25, -0.2) is 0 Å². The highest BCUT2D eigenvalue weighted by Gasteiger charge is 2.24. The van der Waals surface area contributed by atoms with Crippen molar-refractivity contribution in [2.75, 3.05) is 26.8 Å². The van der Waals surface area contributed by atoms with Crippen LogP contribution in [0.25, 0.3) is 11.3 Å². The summed E-state index contributed by atoms with van der Waals surface area (Å²) in [5.41, 5.74) is 1.66. The van der Waals surface area contributed by atoms with Gasteiger partial charge in [0.25, 0.3) is 0 Å². The van der Waals surface area contributed by atoms with Gasteiger partial charge in [0, 0.05) is 30.8 Å². The number of hydrogen-bond acceptors (Lipinski definition) is 6. The lowest BCUT2D eigenvalue weighted by Crippen LogP contribution is -2.47. The lowest BCUT2D eigenvalue weighted by atomic mass is 10.1. The predicted octanol–water partition coefficient (Wildman–Crippen LogP) is 2.47. The van der Waals surface area contributed by atoms with Crippen molar-refractivity contribution in [2.45, 2.75) is 39.0 Å². The van der Waals surface area contributed by atoms with Crippen molar-refractivity contribution >= 4 is 5.91 Å². The third-order valence-corrected chi connectivity index (χ3v) is 4.72. The standard InChI is InChI=1S/C20H27N3O4/c1-14(2)23-8-9-26-18(13-23)11-20(24)21-12-17-10-19(22-27-17)15-4-6-16(25-3)7-5-15/h4-7,10,14,18H,8-9,11-13H2,1-3H3,(H,21,24)/t18-/m1/s1. The number of aromatic nitrogens is 1. The number of morpholine rings is 1. The monoisotopic (exact) mass is 373 g/mol. The zero-order valence-electron chi connectivity index (χ0n) is 16.1. The number of hydrogen-bond donors (Lipinski definition) is 1. The molecule has 1 N–H and O–H groups in total. The molecule has 2 aromatic rings. The van der Waals surface area contributed by atoms with Crippen LogP contribution in [0.15, 0.2) is 34.9 Å². The molecule has 0 saturated carbocycles. The Morgan fingerprint density at radius 1 is 1.37 bits per heavy atom. The van der Waals surface area contributed by atoms with Crippen molar-refractivity contribution in [2.24, 2.45) is 0 Å². The maximum Gasteiger partial charge on any atom is 0.223 e. The van der Waals surface area contributed by atoms with Crippen molar-refractivity contribution in [1.82, 2.24) is 15.4 Å². The predicted molar refractivity (Wildman–Crippen MR) is 101 cm³/mol. The van der Waals surface area contributed by atoms with Gasteiger partial charge < -0.3 is 19.3 Å². The highest BCUT2D eigenvalue weighted by atomic mass is 16.5. The molecule has 1 aliphatic heterocycles. The molecule has 0 bridgehead atoms. The first kappa shape index (κ1) is 19.4. The van der Waals surface area contributed by atoms with E-state index in [1.807, 2.05) is 30.3 Å². The maximum absolute atomic E-state index is 12.2. The Balaban J connectivity index is 1.48. The fourth-order valence-corrected chi connectivity index (χ4v) is 3.09. The summed E-state index contributed by atoms with van der Waals surface area (Å²) in [6, 6.07) is 9.87. The van der Waals surface area contributed by atoms with E-state index >= 15 is 0 Å². The van der Waals surface area contributed by atoms with Crippen LogP contribution in [-0.2, 0) is 16.1 Å². The number of methoxy groups -OCH3 is 1. The van der Waals surface area contributed by atoms with Crippen LogP contribution in [0.1, 0.15) is 26.0 Å². The van der Waals surface area contributed by atoms with E-state index in [1.165, 1.54) is 0 Å². The Morgan fingerprint density at radius 3 is 2.85 bits per heavy atom. The molecule has 2 heterocycles. The topological polar surface area (TPSA) is 76.8 Å². The fraction of sp³-hybridized carbons (Fsp3) is 0.500. The third kappa shape index (κ3) is 5.30. The number of rotatable bonds is 7. The van der Waals surface area contributed by atoms with Crippen molar-refractivity contribution in [3.63, 3.8) is 0 Å². The second-order valence-electron chi connectivity index (χ2n) is 6.97. The minimum atomic E-state index is -0.0641. The normalized spacial score (nSPS) is 17.9. The molecule has 27 heavy (non-hydrogen) atoms. The van der Waals surface area contributed by atoms with Crippen LogP contribution in [0.2, 0.25) is 0 Å². The maximum atomic E-state index is 12.2. The van der Waals surface area contributed by atoms with Crippen molar-refractivity contribution in [3.05, 3.63) is 36.1 Å². The van der Waals surface area contributed by atoms with E-state index in [9.17, 15) is 4.79 Å². The molecule has 1 aromatic heterocycles. The van der Waals surface area contributed by atoms with Crippen LogP contribution < -0.4 is 10.1 Å². The summed E-state index contributed by atoms with van der Waals surface area (Å²) < 4.78 is 16.2. The Bertz CT molecular complexity index is 742. The average Bonchev–Trinajstić information content (AvgIpc) is 3.16.